The summed E-state index contributed by atoms with van der Waals surface area (Å²) < 4.78 is 0. The van der Waals surface area contributed by atoms with E-state index in [0.717, 1.165) is 0 Å². The molecule has 5 N–H and O–H groups in total. The van der Waals surface area contributed by atoms with Crippen molar-refractivity contribution in [3.8, 4) is 0 Å². The zero-order valence-electron chi connectivity index (χ0n) is 11.6. The molecule has 1 heterocycles. The Morgan fingerprint density at radius 1 is 1.42 bits per heavy atom. The van der Waals surface area contributed by atoms with Gasteiger partial charge in [-0.2, -0.15) is 0 Å². The maximum absolute atomic E-state index is 12.0. The maximum Gasteiger partial charge on any atom is 0.194 e. The Labute approximate surface area is 113 Å². The molecule has 0 saturated carbocycles. The Morgan fingerprint density at radius 3 is 2.68 bits per heavy atom. The minimum atomic E-state index is -0.118. The average molecular weight is 263 g/mol. The monoisotopic (exact) mass is 263 g/mol. The molecule has 0 bridgehead atoms. The lowest BCUT2D eigenvalue weighted by molar-refractivity contribution is 0.0977. The molecule has 0 spiro atoms. The summed E-state index contributed by atoms with van der Waals surface area (Å²) in [6.45, 7) is 6.59. The molecule has 0 radical (unpaired) electrons. The number of pyridine rings is 1. The number of carbonyl (C=O) groups excluding carboxylic acids is 1. The summed E-state index contributed by atoms with van der Waals surface area (Å²) >= 11 is 0. The number of carbonyl (C=O) groups is 1. The second-order valence-corrected chi connectivity index (χ2v) is 5.31. The Hall–Kier alpha value is -1.95. The first-order chi connectivity index (χ1) is 8.78. The van der Waals surface area contributed by atoms with Gasteiger partial charge >= 0.3 is 0 Å². The molecule has 6 nitrogen and oxygen atoms in total. The minimum Gasteiger partial charge on any atom is -0.370 e. The number of nitrogens with two attached hydrogens (primary N) is 1. The molecule has 19 heavy (non-hydrogen) atoms. The molecule has 0 unspecified atom stereocenters. The minimum absolute atomic E-state index is 0.0559. The highest BCUT2D eigenvalue weighted by Crippen LogP contribution is 2.02. The molecule has 0 aromatic carbocycles. The summed E-state index contributed by atoms with van der Waals surface area (Å²) in [5.41, 5.74) is 6.19. The molecule has 0 fully saturated rings. The van der Waals surface area contributed by atoms with Crippen molar-refractivity contribution in [1.82, 2.24) is 15.6 Å². The zero-order valence-corrected chi connectivity index (χ0v) is 11.6. The highest BCUT2D eigenvalue weighted by atomic mass is 16.1. The predicted molar refractivity (Wildman–Crippen MR) is 75.1 cm³/mol. The Bertz CT molecular complexity index is 464. The van der Waals surface area contributed by atoms with Crippen LogP contribution in [0.1, 0.15) is 37.0 Å². The van der Waals surface area contributed by atoms with Crippen LogP contribution in [0.25, 0.3) is 0 Å². The van der Waals surface area contributed by atoms with Crippen LogP contribution in [0.4, 0.5) is 0 Å². The molecule has 1 aromatic heterocycles. The third-order valence-electron chi connectivity index (χ3n) is 2.33. The van der Waals surface area contributed by atoms with Crippen LogP contribution in [0.15, 0.2) is 18.2 Å². The first-order valence-corrected chi connectivity index (χ1v) is 6.10. The smallest absolute Gasteiger partial charge is 0.194 e. The molecule has 0 saturated heterocycles. The van der Waals surface area contributed by atoms with Crippen LogP contribution in [0, 0.1) is 5.41 Å². The van der Waals surface area contributed by atoms with E-state index in [9.17, 15) is 4.79 Å². The van der Waals surface area contributed by atoms with E-state index in [1.54, 1.807) is 18.2 Å². The van der Waals surface area contributed by atoms with E-state index in [2.05, 4.69) is 15.6 Å². The van der Waals surface area contributed by atoms with Crippen molar-refractivity contribution in [2.24, 2.45) is 5.73 Å². The van der Waals surface area contributed by atoms with Crippen molar-refractivity contribution in [3.63, 3.8) is 0 Å². The fourth-order valence-corrected chi connectivity index (χ4v) is 1.36. The number of guanidine groups is 1. The van der Waals surface area contributed by atoms with Crippen molar-refractivity contribution in [2.45, 2.75) is 32.9 Å². The van der Waals surface area contributed by atoms with E-state index < -0.39 is 0 Å². The van der Waals surface area contributed by atoms with Gasteiger partial charge in [0, 0.05) is 5.54 Å². The summed E-state index contributed by atoms with van der Waals surface area (Å²) in [6, 6.07) is 5.24. The van der Waals surface area contributed by atoms with Crippen molar-refractivity contribution in [3.05, 3.63) is 29.6 Å². The summed E-state index contributed by atoms with van der Waals surface area (Å²) in [4.78, 5) is 16.2. The van der Waals surface area contributed by atoms with E-state index in [0.29, 0.717) is 17.9 Å². The van der Waals surface area contributed by atoms with Gasteiger partial charge in [-0.05, 0) is 32.9 Å². The fraction of sp³-hybridized carbons (Fsp3) is 0.462. The van der Waals surface area contributed by atoms with E-state index in [-0.39, 0.29) is 23.8 Å². The summed E-state index contributed by atoms with van der Waals surface area (Å²) in [5, 5.41) is 12.9. The van der Waals surface area contributed by atoms with Crippen LogP contribution in [0.2, 0.25) is 0 Å². The number of hydrogen-bond donors (Lipinski definition) is 4. The third kappa shape index (κ3) is 5.96. The molecule has 1 rings (SSSR count). The van der Waals surface area contributed by atoms with E-state index in [1.165, 1.54) is 0 Å². The van der Waals surface area contributed by atoms with Gasteiger partial charge in [-0.1, -0.05) is 6.07 Å². The first-order valence-electron chi connectivity index (χ1n) is 6.10. The molecular weight excluding hydrogens is 242 g/mol. The van der Waals surface area contributed by atoms with Crippen LogP contribution >= 0.6 is 0 Å². The van der Waals surface area contributed by atoms with E-state index in [4.69, 9.17) is 11.1 Å². The number of nitrogens with zero attached hydrogens (tertiary/aromatic N) is 1. The summed E-state index contributed by atoms with van der Waals surface area (Å²) in [7, 11) is 0. The maximum atomic E-state index is 12.0. The number of Topliss-reactive ketones (excluding diaryl/α,β-unsaturated/α-hetero) is 1. The fourth-order valence-electron chi connectivity index (χ4n) is 1.36. The summed E-state index contributed by atoms with van der Waals surface area (Å²) in [5.74, 6) is -0.174. The lowest BCUT2D eigenvalue weighted by atomic mass is 10.1. The van der Waals surface area contributed by atoms with Crippen LogP contribution in [0.3, 0.4) is 0 Å². The second-order valence-electron chi connectivity index (χ2n) is 5.31. The highest BCUT2D eigenvalue weighted by molar-refractivity contribution is 5.95. The normalized spacial score (nSPS) is 11.1. The molecule has 6 heteroatoms. The van der Waals surface area contributed by atoms with Gasteiger partial charge in [-0.3, -0.25) is 10.2 Å². The topological polar surface area (TPSA) is 104 Å². The number of aromatic nitrogens is 1. The standard InChI is InChI=1S/C13H21N5O/c1-13(2,3)17-8-11(19)10-6-4-5-9(18-10)7-16-12(14)15/h4-6,17H,7-8H2,1-3H3,(H4,14,15,16). The van der Waals surface area contributed by atoms with Crippen LogP contribution in [-0.4, -0.2) is 28.8 Å². The molecular formula is C13H21N5O. The lowest BCUT2D eigenvalue weighted by Crippen LogP contribution is -2.39. The quantitative estimate of drug-likeness (QED) is 0.354. The number of rotatable bonds is 5. The van der Waals surface area contributed by atoms with Gasteiger partial charge in [-0.25, -0.2) is 4.98 Å². The van der Waals surface area contributed by atoms with Crippen molar-refractivity contribution >= 4 is 11.7 Å². The van der Waals surface area contributed by atoms with Crippen LogP contribution in [-0.2, 0) is 6.54 Å². The largest absolute Gasteiger partial charge is 0.370 e. The third-order valence-corrected chi connectivity index (χ3v) is 2.33. The number of ketones is 1. The van der Waals surface area contributed by atoms with Gasteiger partial charge in [-0.15, -0.1) is 0 Å². The van der Waals surface area contributed by atoms with Gasteiger partial charge in [0.1, 0.15) is 5.69 Å². The molecule has 0 aliphatic carbocycles. The molecule has 1 aromatic rings. The van der Waals surface area contributed by atoms with Crippen LogP contribution < -0.4 is 16.4 Å². The molecule has 0 aliphatic heterocycles. The molecule has 0 aliphatic rings. The first kappa shape index (κ1) is 15.1. The zero-order chi connectivity index (χ0) is 14.5. The van der Waals surface area contributed by atoms with Gasteiger partial charge in [0.15, 0.2) is 11.7 Å². The summed E-state index contributed by atoms with van der Waals surface area (Å²) in [6.07, 6.45) is 0. The second kappa shape index (κ2) is 6.29. The van der Waals surface area contributed by atoms with Gasteiger partial charge < -0.3 is 16.4 Å². The molecule has 104 valence electrons. The van der Waals surface area contributed by atoms with Crippen LogP contribution in [0.5, 0.6) is 0 Å². The number of nitrogens with one attached hydrogen (secondary N) is 3. The van der Waals surface area contributed by atoms with Crippen molar-refractivity contribution in [2.75, 3.05) is 6.54 Å². The SMILES string of the molecule is CC(C)(C)NCC(=O)c1cccc(CNC(=N)N)n1. The lowest BCUT2D eigenvalue weighted by Gasteiger charge is -2.19. The van der Waals surface area contributed by atoms with Gasteiger partial charge in [0.05, 0.1) is 18.8 Å². The van der Waals surface area contributed by atoms with Crippen molar-refractivity contribution in [1.29, 1.82) is 5.41 Å². The van der Waals surface area contributed by atoms with Crippen molar-refractivity contribution < 1.29 is 4.79 Å². The predicted octanol–water partition coefficient (Wildman–Crippen LogP) is 0.635. The molecule has 0 atom stereocenters. The Morgan fingerprint density at radius 2 is 2.11 bits per heavy atom. The van der Waals surface area contributed by atoms with E-state index >= 15 is 0 Å². The van der Waals surface area contributed by atoms with Gasteiger partial charge in [0.2, 0.25) is 0 Å². The highest BCUT2D eigenvalue weighted by Gasteiger charge is 2.13. The van der Waals surface area contributed by atoms with E-state index in [1.807, 2.05) is 20.8 Å². The Kier molecular flexibility index (Phi) is 5.00. The Balaban J connectivity index is 2.65. The van der Waals surface area contributed by atoms with Gasteiger partial charge in [0.25, 0.3) is 0 Å². The molecule has 0 amide bonds. The number of hydrogen-bond acceptors (Lipinski definition) is 4. The average Bonchev–Trinajstić information content (AvgIpc) is 2.33.